The molecule has 22 heavy (non-hydrogen) atoms. The first-order chi connectivity index (χ1) is 10.7. The Morgan fingerprint density at radius 1 is 1.41 bits per heavy atom. The monoisotopic (exact) mass is 299 g/mol. The summed E-state index contributed by atoms with van der Waals surface area (Å²) in [5.41, 5.74) is 6.19. The smallest absolute Gasteiger partial charge is 0.374 e. The Morgan fingerprint density at radius 2 is 2.27 bits per heavy atom. The summed E-state index contributed by atoms with van der Waals surface area (Å²) in [4.78, 5) is 20.1. The lowest BCUT2D eigenvalue weighted by atomic mass is 10.2. The zero-order valence-corrected chi connectivity index (χ0v) is 12.3. The highest BCUT2D eigenvalue weighted by Crippen LogP contribution is 2.39. The Balaban J connectivity index is 1.47. The van der Waals surface area contributed by atoms with Crippen LogP contribution in [-0.2, 0) is 16.1 Å². The molecule has 0 aromatic carbocycles. The molecule has 1 fully saturated rings. The largest absolute Gasteiger partial charge is 0.463 e. The van der Waals surface area contributed by atoms with Crippen molar-refractivity contribution in [1.82, 2.24) is 19.8 Å². The van der Waals surface area contributed by atoms with Gasteiger partial charge in [0, 0.05) is 12.4 Å². The number of carbonyl (C=O) groups excluding carboxylic acids is 1. The first-order valence-electron chi connectivity index (χ1n) is 7.35. The van der Waals surface area contributed by atoms with Gasteiger partial charge in [-0.05, 0) is 30.4 Å². The molecule has 1 saturated carbocycles. The van der Waals surface area contributed by atoms with Gasteiger partial charge in [0.1, 0.15) is 12.3 Å². The van der Waals surface area contributed by atoms with Crippen LogP contribution in [0.25, 0.3) is 5.65 Å². The zero-order chi connectivity index (χ0) is 15.1. The minimum Gasteiger partial charge on any atom is -0.463 e. The van der Waals surface area contributed by atoms with E-state index in [0.717, 1.165) is 17.3 Å². The SMILES string of the molecule is COC(=O)C1=NCN(Cc2cn3cc(C4CC4)ccc3n2)N1. The molecule has 2 aromatic rings. The van der Waals surface area contributed by atoms with E-state index in [9.17, 15) is 4.79 Å². The Morgan fingerprint density at radius 3 is 3.05 bits per heavy atom. The van der Waals surface area contributed by atoms with Crippen LogP contribution in [0.3, 0.4) is 0 Å². The molecule has 0 amide bonds. The van der Waals surface area contributed by atoms with Crippen molar-refractivity contribution in [3.63, 3.8) is 0 Å². The number of rotatable bonds is 4. The first kappa shape index (κ1) is 13.3. The van der Waals surface area contributed by atoms with Crippen molar-refractivity contribution < 1.29 is 9.53 Å². The average molecular weight is 299 g/mol. The van der Waals surface area contributed by atoms with Crippen LogP contribution in [0.1, 0.15) is 30.0 Å². The van der Waals surface area contributed by atoms with Crippen molar-refractivity contribution >= 4 is 17.5 Å². The number of aliphatic imine (C=N–C) groups is 1. The van der Waals surface area contributed by atoms with Gasteiger partial charge in [0.25, 0.3) is 0 Å². The second-order valence-corrected chi connectivity index (χ2v) is 5.68. The van der Waals surface area contributed by atoms with E-state index in [-0.39, 0.29) is 5.84 Å². The van der Waals surface area contributed by atoms with E-state index >= 15 is 0 Å². The van der Waals surface area contributed by atoms with Crippen molar-refractivity contribution in [2.24, 2.45) is 4.99 Å². The van der Waals surface area contributed by atoms with E-state index in [1.807, 2.05) is 11.2 Å². The molecule has 0 unspecified atom stereocenters. The molecule has 1 aliphatic carbocycles. The summed E-state index contributed by atoms with van der Waals surface area (Å²) in [5, 5.41) is 1.83. The highest BCUT2D eigenvalue weighted by molar-refractivity contribution is 6.35. The average Bonchev–Trinajstić information content (AvgIpc) is 3.15. The van der Waals surface area contributed by atoms with E-state index in [2.05, 4.69) is 42.9 Å². The van der Waals surface area contributed by atoms with Crippen LogP contribution in [0.4, 0.5) is 0 Å². The molecular weight excluding hydrogens is 282 g/mol. The molecule has 0 saturated heterocycles. The van der Waals surface area contributed by atoms with E-state index in [1.165, 1.54) is 25.5 Å². The third-order valence-corrected chi connectivity index (χ3v) is 3.97. The van der Waals surface area contributed by atoms with Crippen LogP contribution in [-0.4, -0.2) is 40.0 Å². The molecule has 1 aliphatic heterocycles. The number of pyridine rings is 1. The number of nitrogens with one attached hydrogen (secondary N) is 1. The van der Waals surface area contributed by atoms with Crippen molar-refractivity contribution in [3.05, 3.63) is 35.8 Å². The summed E-state index contributed by atoms with van der Waals surface area (Å²) >= 11 is 0. The number of imidazole rings is 1. The van der Waals surface area contributed by atoms with Gasteiger partial charge >= 0.3 is 5.97 Å². The highest BCUT2D eigenvalue weighted by Gasteiger charge is 2.24. The van der Waals surface area contributed by atoms with E-state index in [0.29, 0.717) is 13.2 Å². The number of methoxy groups -OCH3 is 1. The molecule has 3 heterocycles. The standard InChI is InChI=1S/C15H17N5O2/c1-22-15(21)14-16-9-20(18-14)8-12-7-19-6-11(10-2-3-10)4-5-13(19)17-12/h4-7,10H,2-3,8-9H2,1H3,(H,16,18). The quantitative estimate of drug-likeness (QED) is 0.855. The van der Waals surface area contributed by atoms with Crippen LogP contribution in [0, 0.1) is 0 Å². The van der Waals surface area contributed by atoms with Gasteiger partial charge in [0.2, 0.25) is 5.84 Å². The molecule has 114 valence electrons. The van der Waals surface area contributed by atoms with Crippen LogP contribution in [0.15, 0.2) is 29.5 Å². The summed E-state index contributed by atoms with van der Waals surface area (Å²) in [6, 6.07) is 4.22. The maximum absolute atomic E-state index is 11.4. The lowest BCUT2D eigenvalue weighted by Gasteiger charge is -2.13. The molecule has 1 N–H and O–H groups in total. The number of ether oxygens (including phenoxy) is 1. The fourth-order valence-corrected chi connectivity index (χ4v) is 2.66. The van der Waals surface area contributed by atoms with Crippen LogP contribution >= 0.6 is 0 Å². The third kappa shape index (κ3) is 2.43. The lowest BCUT2D eigenvalue weighted by molar-refractivity contribution is -0.133. The van der Waals surface area contributed by atoms with Crippen molar-refractivity contribution in [2.45, 2.75) is 25.3 Å². The third-order valence-electron chi connectivity index (χ3n) is 3.97. The number of hydrazine groups is 1. The maximum atomic E-state index is 11.4. The molecular formula is C15H17N5O2. The van der Waals surface area contributed by atoms with E-state index < -0.39 is 5.97 Å². The topological polar surface area (TPSA) is 71.2 Å². The fourth-order valence-electron chi connectivity index (χ4n) is 2.66. The lowest BCUT2D eigenvalue weighted by Crippen LogP contribution is -2.39. The number of esters is 1. The molecule has 0 bridgehead atoms. The minimum atomic E-state index is -0.452. The van der Waals surface area contributed by atoms with Gasteiger partial charge < -0.3 is 9.14 Å². The Labute approximate surface area is 127 Å². The summed E-state index contributed by atoms with van der Waals surface area (Å²) in [6.45, 7) is 0.982. The van der Waals surface area contributed by atoms with Gasteiger partial charge in [-0.2, -0.15) is 5.01 Å². The van der Waals surface area contributed by atoms with Crippen LogP contribution in [0.2, 0.25) is 0 Å². The first-order valence-corrected chi connectivity index (χ1v) is 7.35. The van der Waals surface area contributed by atoms with Crippen molar-refractivity contribution in [2.75, 3.05) is 13.8 Å². The van der Waals surface area contributed by atoms with E-state index in [1.54, 1.807) is 0 Å². The molecule has 0 atom stereocenters. The Bertz CT molecular complexity index is 762. The second kappa shape index (κ2) is 5.10. The van der Waals surface area contributed by atoms with Gasteiger partial charge in [0.05, 0.1) is 19.3 Å². The minimum absolute atomic E-state index is 0.238. The predicted octanol–water partition coefficient (Wildman–Crippen LogP) is 1.06. The number of hydrogen-bond acceptors (Lipinski definition) is 6. The van der Waals surface area contributed by atoms with Gasteiger partial charge in [-0.1, -0.05) is 6.07 Å². The number of fused-ring (bicyclic) bond motifs is 1. The fraction of sp³-hybridized carbons (Fsp3) is 0.400. The number of hydrogen-bond donors (Lipinski definition) is 1. The molecule has 2 aromatic heterocycles. The molecule has 7 heteroatoms. The summed E-state index contributed by atoms with van der Waals surface area (Å²) in [7, 11) is 1.34. The Kier molecular flexibility index (Phi) is 3.07. The molecule has 4 rings (SSSR count). The Hall–Kier alpha value is -2.41. The molecule has 0 radical (unpaired) electrons. The van der Waals surface area contributed by atoms with Crippen molar-refractivity contribution in [1.29, 1.82) is 0 Å². The van der Waals surface area contributed by atoms with Crippen LogP contribution in [0.5, 0.6) is 0 Å². The predicted molar refractivity (Wildman–Crippen MR) is 80.2 cm³/mol. The second-order valence-electron chi connectivity index (χ2n) is 5.68. The number of nitrogens with zero attached hydrogens (tertiary/aromatic N) is 4. The van der Waals surface area contributed by atoms with Crippen LogP contribution < -0.4 is 5.43 Å². The highest BCUT2D eigenvalue weighted by atomic mass is 16.5. The molecule has 7 nitrogen and oxygen atoms in total. The van der Waals surface area contributed by atoms with Gasteiger partial charge in [-0.15, -0.1) is 0 Å². The summed E-state index contributed by atoms with van der Waals surface area (Å²) in [5.74, 6) is 0.514. The van der Waals surface area contributed by atoms with Gasteiger partial charge in [0.15, 0.2) is 0 Å². The summed E-state index contributed by atoms with van der Waals surface area (Å²) in [6.07, 6.45) is 6.77. The summed E-state index contributed by atoms with van der Waals surface area (Å²) < 4.78 is 6.71. The van der Waals surface area contributed by atoms with Crippen molar-refractivity contribution in [3.8, 4) is 0 Å². The van der Waals surface area contributed by atoms with Gasteiger partial charge in [-0.3, -0.25) is 5.43 Å². The maximum Gasteiger partial charge on any atom is 0.374 e. The van der Waals surface area contributed by atoms with Gasteiger partial charge in [-0.25, -0.2) is 14.8 Å². The number of aromatic nitrogens is 2. The number of amidine groups is 1. The molecule has 2 aliphatic rings. The number of carbonyl (C=O) groups is 1. The zero-order valence-electron chi connectivity index (χ0n) is 12.3. The normalized spacial score (nSPS) is 18.3. The van der Waals surface area contributed by atoms with E-state index in [4.69, 9.17) is 0 Å². The molecule has 0 spiro atoms.